The zero-order valence-corrected chi connectivity index (χ0v) is 10.9. The van der Waals surface area contributed by atoms with Gasteiger partial charge in [0.25, 0.3) is 0 Å². The van der Waals surface area contributed by atoms with Crippen LogP contribution in [0.3, 0.4) is 0 Å². The molecule has 0 spiro atoms. The first-order valence-electron chi connectivity index (χ1n) is 6.09. The molecule has 90 valence electrons. The summed E-state index contributed by atoms with van der Waals surface area (Å²) >= 11 is 4.42. The lowest BCUT2D eigenvalue weighted by Gasteiger charge is -2.21. The standard InChI is InChI=1S/C17H10OS/c18-17(13-5-6-14(17)8-7-13)16(19)10-9-15-11-1-2-12(15)4-3-11/h1-8,18-19H. The second kappa shape index (κ2) is 3.54. The van der Waals surface area contributed by atoms with E-state index in [2.05, 4.69) is 48.4 Å². The van der Waals surface area contributed by atoms with Crippen molar-refractivity contribution in [1.82, 2.24) is 0 Å². The molecule has 4 aliphatic rings. The van der Waals surface area contributed by atoms with E-state index >= 15 is 0 Å². The number of thiol groups is 1. The molecule has 0 unspecified atom stereocenters. The zero-order chi connectivity index (χ0) is 13.0. The minimum atomic E-state index is -1.12. The van der Waals surface area contributed by atoms with Gasteiger partial charge in [-0.15, -0.1) is 12.6 Å². The van der Waals surface area contributed by atoms with E-state index in [0.29, 0.717) is 4.91 Å². The third-order valence-corrected chi connectivity index (χ3v) is 4.27. The molecule has 0 aromatic heterocycles. The van der Waals surface area contributed by atoms with Gasteiger partial charge >= 0.3 is 0 Å². The Morgan fingerprint density at radius 3 is 2.00 bits per heavy atom. The summed E-state index contributed by atoms with van der Waals surface area (Å²) in [5.74, 6) is 0. The third kappa shape index (κ3) is 1.32. The highest BCUT2D eigenvalue weighted by Crippen LogP contribution is 2.44. The van der Waals surface area contributed by atoms with Crippen LogP contribution in [-0.4, -0.2) is 10.7 Å². The first-order valence-corrected chi connectivity index (χ1v) is 6.54. The van der Waals surface area contributed by atoms with Crippen molar-refractivity contribution >= 4 is 12.6 Å². The Hall–Kier alpha value is -1.95. The number of aliphatic hydroxyl groups is 1. The topological polar surface area (TPSA) is 20.2 Å². The zero-order valence-electron chi connectivity index (χ0n) is 10.0. The van der Waals surface area contributed by atoms with Crippen molar-refractivity contribution < 1.29 is 5.11 Å². The van der Waals surface area contributed by atoms with Crippen LogP contribution in [0.1, 0.15) is 0 Å². The van der Waals surface area contributed by atoms with Gasteiger partial charge in [-0.2, -0.15) is 0 Å². The molecule has 0 aromatic carbocycles. The molecule has 1 nitrogen and oxygen atoms in total. The molecule has 4 rings (SSSR count). The van der Waals surface area contributed by atoms with Crippen LogP contribution in [0.4, 0.5) is 0 Å². The first-order chi connectivity index (χ1) is 9.19. The Balaban J connectivity index is 1.84. The van der Waals surface area contributed by atoms with Crippen molar-refractivity contribution in [2.75, 3.05) is 0 Å². The van der Waals surface area contributed by atoms with Crippen molar-refractivity contribution in [3.8, 4) is 0 Å². The molecule has 0 saturated heterocycles. The van der Waals surface area contributed by atoms with Gasteiger partial charge < -0.3 is 5.11 Å². The highest BCUT2D eigenvalue weighted by Gasteiger charge is 2.42. The number of allylic oxidation sites excluding steroid dienone is 9. The molecule has 0 atom stereocenters. The Labute approximate surface area is 116 Å². The molecular formula is C17H10OS. The van der Waals surface area contributed by atoms with Crippen LogP contribution in [0.25, 0.3) is 0 Å². The van der Waals surface area contributed by atoms with E-state index in [4.69, 9.17) is 0 Å². The normalized spacial score (nSPS) is 22.9. The summed E-state index contributed by atoms with van der Waals surface area (Å²) in [6.45, 7) is 0. The van der Waals surface area contributed by atoms with Crippen LogP contribution in [-0.2, 0) is 0 Å². The lowest BCUT2D eigenvalue weighted by atomic mass is 9.96. The van der Waals surface area contributed by atoms with Gasteiger partial charge in [0.05, 0.1) is 4.91 Å². The van der Waals surface area contributed by atoms with Crippen molar-refractivity contribution in [2.24, 2.45) is 0 Å². The molecule has 0 heterocycles. The van der Waals surface area contributed by atoms with Crippen LogP contribution in [0, 0.1) is 0 Å². The molecule has 0 saturated carbocycles. The van der Waals surface area contributed by atoms with Crippen molar-refractivity contribution in [3.05, 3.63) is 92.8 Å². The second-order valence-corrected chi connectivity index (χ2v) is 5.29. The minimum absolute atomic E-state index is 0.479. The van der Waals surface area contributed by atoms with Crippen LogP contribution < -0.4 is 0 Å². The molecule has 19 heavy (non-hydrogen) atoms. The van der Waals surface area contributed by atoms with Crippen LogP contribution >= 0.6 is 12.6 Å². The number of rotatable bonds is 1. The fourth-order valence-electron chi connectivity index (χ4n) is 2.72. The summed E-state index contributed by atoms with van der Waals surface area (Å²) < 4.78 is 0. The molecule has 0 amide bonds. The third-order valence-electron chi connectivity index (χ3n) is 3.83. The van der Waals surface area contributed by atoms with Gasteiger partial charge in [-0.25, -0.2) is 0 Å². The fourth-order valence-corrected chi connectivity index (χ4v) is 3.03. The summed E-state index contributed by atoms with van der Waals surface area (Å²) in [4.78, 5) is 0.479. The number of fused-ring (bicyclic) bond motifs is 4. The summed E-state index contributed by atoms with van der Waals surface area (Å²) in [7, 11) is 0. The van der Waals surface area contributed by atoms with E-state index in [1.807, 2.05) is 24.3 Å². The van der Waals surface area contributed by atoms with E-state index in [1.165, 1.54) is 0 Å². The monoisotopic (exact) mass is 262 g/mol. The Morgan fingerprint density at radius 1 is 0.947 bits per heavy atom. The number of hydrogen-bond donors (Lipinski definition) is 2. The maximum Gasteiger partial charge on any atom is 0.153 e. The maximum absolute atomic E-state index is 10.7. The predicted molar refractivity (Wildman–Crippen MR) is 78.6 cm³/mol. The summed E-state index contributed by atoms with van der Waals surface area (Å²) in [5.41, 5.74) is 10.0. The van der Waals surface area contributed by atoms with E-state index in [1.54, 1.807) is 0 Å². The highest BCUT2D eigenvalue weighted by molar-refractivity contribution is 7.84. The van der Waals surface area contributed by atoms with E-state index in [-0.39, 0.29) is 0 Å². The van der Waals surface area contributed by atoms with E-state index in [0.717, 1.165) is 27.9 Å². The SMILES string of the molecule is OC1(C(S)=C=C=C2C3=CC=C2C=C3)C2=CC=C1C=C2. The Morgan fingerprint density at radius 2 is 1.53 bits per heavy atom. The second-order valence-electron chi connectivity index (χ2n) is 4.84. The predicted octanol–water partition coefficient (Wildman–Crippen LogP) is 3.08. The van der Waals surface area contributed by atoms with Gasteiger partial charge in [-0.05, 0) is 22.3 Å². The van der Waals surface area contributed by atoms with Crippen LogP contribution in [0.15, 0.2) is 92.8 Å². The minimum Gasteiger partial charge on any atom is -0.375 e. The molecule has 0 aromatic rings. The first kappa shape index (κ1) is 10.9. The van der Waals surface area contributed by atoms with Crippen molar-refractivity contribution in [2.45, 2.75) is 5.60 Å². The largest absolute Gasteiger partial charge is 0.375 e. The van der Waals surface area contributed by atoms with Crippen molar-refractivity contribution in [3.63, 3.8) is 0 Å². The van der Waals surface area contributed by atoms with Gasteiger partial charge in [-0.3, -0.25) is 0 Å². The van der Waals surface area contributed by atoms with Crippen LogP contribution in [0.2, 0.25) is 0 Å². The molecule has 4 aliphatic carbocycles. The van der Waals surface area contributed by atoms with Crippen LogP contribution in [0.5, 0.6) is 0 Å². The summed E-state index contributed by atoms with van der Waals surface area (Å²) in [6.07, 6.45) is 15.9. The summed E-state index contributed by atoms with van der Waals surface area (Å²) in [6, 6.07) is 0. The molecular weight excluding hydrogens is 252 g/mol. The van der Waals surface area contributed by atoms with Gasteiger partial charge in [0.1, 0.15) is 0 Å². The Bertz CT molecular complexity index is 750. The summed E-state index contributed by atoms with van der Waals surface area (Å²) in [5, 5.41) is 10.7. The smallest absolute Gasteiger partial charge is 0.153 e. The van der Waals surface area contributed by atoms with Gasteiger partial charge in [-0.1, -0.05) is 60.1 Å². The average Bonchev–Trinajstić information content (AvgIpc) is 3.17. The number of hydrogen-bond acceptors (Lipinski definition) is 2. The molecule has 0 aliphatic heterocycles. The van der Waals surface area contributed by atoms with E-state index in [9.17, 15) is 5.11 Å². The molecule has 1 N–H and O–H groups in total. The maximum atomic E-state index is 10.7. The lowest BCUT2D eigenvalue weighted by Crippen LogP contribution is -2.27. The average molecular weight is 262 g/mol. The molecule has 0 fully saturated rings. The molecule has 4 bridgehead atoms. The molecule has 0 radical (unpaired) electrons. The molecule has 2 heteroatoms. The van der Waals surface area contributed by atoms with Gasteiger partial charge in [0, 0.05) is 5.57 Å². The van der Waals surface area contributed by atoms with Crippen molar-refractivity contribution in [1.29, 1.82) is 0 Å². The van der Waals surface area contributed by atoms with Gasteiger partial charge in [0.2, 0.25) is 0 Å². The van der Waals surface area contributed by atoms with E-state index < -0.39 is 5.60 Å². The quantitative estimate of drug-likeness (QED) is 0.549. The Kier molecular flexibility index (Phi) is 2.04. The highest BCUT2D eigenvalue weighted by atomic mass is 32.1. The lowest BCUT2D eigenvalue weighted by molar-refractivity contribution is 0.180. The fraction of sp³-hybridized carbons (Fsp3) is 0.0588. The van der Waals surface area contributed by atoms with Gasteiger partial charge in [0.15, 0.2) is 5.60 Å².